The Balaban J connectivity index is 1.69. The molecule has 33 heavy (non-hydrogen) atoms. The average molecular weight is 493 g/mol. The van der Waals surface area contributed by atoms with Gasteiger partial charge < -0.3 is 14.8 Å². The number of anilines is 1. The second kappa shape index (κ2) is 8.82. The first kappa shape index (κ1) is 22.0. The molecule has 5 rings (SSSR count). The molecule has 166 valence electrons. The first-order valence-corrected chi connectivity index (χ1v) is 11.8. The summed E-state index contributed by atoms with van der Waals surface area (Å²) in [6, 6.07) is 23.6. The number of aryl methyl sites for hydroxylation is 1. The summed E-state index contributed by atoms with van der Waals surface area (Å²) in [5.74, 6) is 0. The number of pyridine rings is 1. The summed E-state index contributed by atoms with van der Waals surface area (Å²) in [4.78, 5) is 6.80. The Morgan fingerprint density at radius 1 is 0.939 bits per heavy atom. The van der Waals surface area contributed by atoms with Gasteiger partial charge in [0.2, 0.25) is 0 Å². The van der Waals surface area contributed by atoms with E-state index in [-0.39, 0.29) is 12.1 Å². The quantitative estimate of drug-likeness (QED) is 0.311. The molecule has 3 heterocycles. The van der Waals surface area contributed by atoms with Gasteiger partial charge in [0.25, 0.3) is 0 Å². The molecule has 1 saturated heterocycles. The van der Waals surface area contributed by atoms with E-state index < -0.39 is 0 Å². The molecule has 2 aromatic heterocycles. The maximum Gasteiger partial charge on any atom is 0.174 e. The zero-order valence-corrected chi connectivity index (χ0v) is 20.5. The molecule has 0 saturated carbocycles. The third-order valence-corrected chi connectivity index (χ3v) is 6.97. The second-order valence-electron chi connectivity index (χ2n) is 8.09. The lowest BCUT2D eigenvalue weighted by molar-refractivity contribution is 0.565. The summed E-state index contributed by atoms with van der Waals surface area (Å²) in [6.45, 7) is 4.23. The lowest BCUT2D eigenvalue weighted by Crippen LogP contribution is -2.29. The number of nitrogens with zero attached hydrogens (tertiary/aromatic N) is 3. The van der Waals surface area contributed by atoms with Crippen LogP contribution in [0.1, 0.15) is 34.7 Å². The molecule has 0 bridgehead atoms. The number of nitrogens with one attached hydrogen (secondary N) is 1. The van der Waals surface area contributed by atoms with E-state index in [4.69, 9.17) is 35.4 Å². The number of para-hydroxylation sites is 1. The van der Waals surface area contributed by atoms with Crippen molar-refractivity contribution in [1.82, 2.24) is 14.9 Å². The van der Waals surface area contributed by atoms with Crippen molar-refractivity contribution in [2.24, 2.45) is 0 Å². The molecule has 4 nitrogen and oxygen atoms in total. The van der Waals surface area contributed by atoms with Gasteiger partial charge in [0.05, 0.1) is 28.5 Å². The van der Waals surface area contributed by atoms with Crippen molar-refractivity contribution in [3.05, 3.63) is 112 Å². The molecule has 2 atom stereocenters. The highest BCUT2D eigenvalue weighted by molar-refractivity contribution is 7.80. The molecule has 1 aliphatic heterocycles. The van der Waals surface area contributed by atoms with Crippen LogP contribution in [0, 0.1) is 13.8 Å². The summed E-state index contributed by atoms with van der Waals surface area (Å²) < 4.78 is 2.20. The Hall–Kier alpha value is -2.86. The molecule has 1 N–H and O–H groups in total. The Morgan fingerprint density at radius 3 is 2.36 bits per heavy atom. The Bertz CT molecular complexity index is 1320. The summed E-state index contributed by atoms with van der Waals surface area (Å²) in [6.07, 6.45) is 1.81. The first-order chi connectivity index (χ1) is 16.0. The molecular formula is C26H22Cl2N4S. The van der Waals surface area contributed by atoms with E-state index >= 15 is 0 Å². The van der Waals surface area contributed by atoms with Crippen LogP contribution in [0.4, 0.5) is 5.69 Å². The van der Waals surface area contributed by atoms with Crippen LogP contribution < -0.4 is 10.2 Å². The van der Waals surface area contributed by atoms with E-state index in [0.29, 0.717) is 15.2 Å². The van der Waals surface area contributed by atoms with Crippen molar-refractivity contribution in [3.63, 3.8) is 0 Å². The monoisotopic (exact) mass is 492 g/mol. The average Bonchev–Trinajstić information content (AvgIpc) is 3.31. The van der Waals surface area contributed by atoms with Crippen molar-refractivity contribution < 1.29 is 0 Å². The fourth-order valence-electron chi connectivity index (χ4n) is 4.64. The Kier molecular flexibility index (Phi) is 5.87. The molecule has 0 aliphatic carbocycles. The van der Waals surface area contributed by atoms with Gasteiger partial charge in [-0.15, -0.1) is 0 Å². The lowest BCUT2D eigenvalue weighted by atomic mass is 9.96. The van der Waals surface area contributed by atoms with E-state index in [1.807, 2.05) is 72.9 Å². The van der Waals surface area contributed by atoms with Crippen LogP contribution >= 0.6 is 35.4 Å². The van der Waals surface area contributed by atoms with Crippen molar-refractivity contribution in [2.45, 2.75) is 25.9 Å². The van der Waals surface area contributed by atoms with E-state index in [2.05, 4.69) is 39.7 Å². The lowest BCUT2D eigenvalue weighted by Gasteiger charge is -2.28. The minimum absolute atomic E-state index is 0.101. The number of halogens is 2. The third kappa shape index (κ3) is 3.90. The summed E-state index contributed by atoms with van der Waals surface area (Å²) >= 11 is 18.6. The van der Waals surface area contributed by atoms with Crippen LogP contribution in [-0.2, 0) is 0 Å². The van der Waals surface area contributed by atoms with Crippen LogP contribution in [0.15, 0.2) is 79.0 Å². The zero-order valence-electron chi connectivity index (χ0n) is 18.2. The van der Waals surface area contributed by atoms with Crippen LogP contribution in [0.25, 0.3) is 5.69 Å². The minimum Gasteiger partial charge on any atom is -0.351 e. The van der Waals surface area contributed by atoms with Gasteiger partial charge in [0.1, 0.15) is 0 Å². The van der Waals surface area contributed by atoms with E-state index in [9.17, 15) is 0 Å². The van der Waals surface area contributed by atoms with E-state index in [1.165, 1.54) is 0 Å². The molecule has 0 amide bonds. The molecule has 1 aliphatic rings. The summed E-state index contributed by atoms with van der Waals surface area (Å²) in [5.41, 5.74) is 6.24. The Labute approximate surface area is 208 Å². The third-order valence-electron chi connectivity index (χ3n) is 6.09. The van der Waals surface area contributed by atoms with Gasteiger partial charge in [-0.2, -0.15) is 0 Å². The van der Waals surface area contributed by atoms with Gasteiger partial charge in [-0.25, -0.2) is 0 Å². The second-order valence-corrected chi connectivity index (χ2v) is 9.32. The van der Waals surface area contributed by atoms with Gasteiger partial charge in [0, 0.05) is 28.3 Å². The number of rotatable bonds is 4. The first-order valence-electron chi connectivity index (χ1n) is 10.7. The number of benzene rings is 2. The highest BCUT2D eigenvalue weighted by atomic mass is 35.5. The molecule has 2 aromatic carbocycles. The van der Waals surface area contributed by atoms with E-state index in [1.54, 1.807) is 0 Å². The fraction of sp³-hybridized carbons (Fsp3) is 0.154. The number of hydrogen-bond acceptors (Lipinski definition) is 2. The molecule has 4 aromatic rings. The normalized spacial score (nSPS) is 17.9. The topological polar surface area (TPSA) is 33.1 Å². The molecule has 0 radical (unpaired) electrons. The van der Waals surface area contributed by atoms with E-state index in [0.717, 1.165) is 34.0 Å². The molecular weight excluding hydrogens is 471 g/mol. The molecule has 1 fully saturated rings. The number of aromatic nitrogens is 2. The van der Waals surface area contributed by atoms with Gasteiger partial charge in [-0.05, 0) is 86.2 Å². The van der Waals surface area contributed by atoms with Gasteiger partial charge in [-0.3, -0.25) is 4.98 Å². The van der Waals surface area contributed by atoms with Crippen molar-refractivity contribution in [2.75, 3.05) is 4.90 Å². The summed E-state index contributed by atoms with van der Waals surface area (Å²) in [7, 11) is 0. The fourth-order valence-corrected chi connectivity index (χ4v) is 5.33. The Morgan fingerprint density at radius 2 is 1.67 bits per heavy atom. The number of hydrogen-bond donors (Lipinski definition) is 1. The maximum absolute atomic E-state index is 6.57. The highest BCUT2D eigenvalue weighted by Crippen LogP contribution is 2.44. The van der Waals surface area contributed by atoms with Crippen LogP contribution in [0.3, 0.4) is 0 Å². The van der Waals surface area contributed by atoms with Gasteiger partial charge in [-0.1, -0.05) is 41.4 Å². The van der Waals surface area contributed by atoms with Crippen LogP contribution in [0.2, 0.25) is 10.0 Å². The predicted octanol–water partition coefficient (Wildman–Crippen LogP) is 6.97. The molecule has 0 spiro atoms. The largest absolute Gasteiger partial charge is 0.351 e. The minimum atomic E-state index is -0.116. The SMILES string of the molecule is Cc1cc(C2C(c3ccccn3)NC(=S)N2c2ccc(Cl)cc2)c(C)n1-c1ccccc1Cl. The summed E-state index contributed by atoms with van der Waals surface area (Å²) in [5, 5.41) is 5.57. The van der Waals surface area contributed by atoms with Gasteiger partial charge in [0.15, 0.2) is 5.11 Å². The van der Waals surface area contributed by atoms with Crippen molar-refractivity contribution in [3.8, 4) is 5.69 Å². The van der Waals surface area contributed by atoms with Crippen LogP contribution in [-0.4, -0.2) is 14.7 Å². The maximum atomic E-state index is 6.57. The van der Waals surface area contributed by atoms with Crippen molar-refractivity contribution >= 4 is 46.2 Å². The van der Waals surface area contributed by atoms with Gasteiger partial charge >= 0.3 is 0 Å². The predicted molar refractivity (Wildman–Crippen MR) is 140 cm³/mol. The van der Waals surface area contributed by atoms with Crippen LogP contribution in [0.5, 0.6) is 0 Å². The standard InChI is InChI=1S/C26H22Cl2N4S/c1-16-15-20(17(2)31(16)23-9-4-3-7-21(23)28)25-24(22-8-5-6-14-29-22)30-26(33)32(25)19-12-10-18(27)11-13-19/h3-15,24-25H,1-2H3,(H,30,33). The molecule has 7 heteroatoms. The smallest absolute Gasteiger partial charge is 0.174 e. The molecule has 2 unspecified atom stereocenters. The highest BCUT2D eigenvalue weighted by Gasteiger charge is 2.42. The zero-order chi connectivity index (χ0) is 23.1. The number of thiocarbonyl (C=S) groups is 1. The van der Waals surface area contributed by atoms with Crippen molar-refractivity contribution in [1.29, 1.82) is 0 Å².